The summed E-state index contributed by atoms with van der Waals surface area (Å²) in [5, 5.41) is 10.2. The Balaban J connectivity index is 2.98. The quantitative estimate of drug-likeness (QED) is 0.376. The van der Waals surface area contributed by atoms with Gasteiger partial charge in [0.25, 0.3) is 5.91 Å². The molecule has 13 heavy (non-hydrogen) atoms. The van der Waals surface area contributed by atoms with E-state index in [9.17, 15) is 4.79 Å². The van der Waals surface area contributed by atoms with Gasteiger partial charge in [-0.3, -0.25) is 10.1 Å². The largest absolute Gasteiger partial charge is 0.399 e. The average molecular weight is 175 g/mol. The van der Waals surface area contributed by atoms with E-state index in [0.717, 1.165) is 5.56 Å². The van der Waals surface area contributed by atoms with Crippen LogP contribution in [-0.4, -0.2) is 5.91 Å². The maximum Gasteiger partial charge on any atom is 0.264 e. The summed E-state index contributed by atoms with van der Waals surface area (Å²) in [6.07, 6.45) is 1.57. The second kappa shape index (κ2) is 3.59. The third kappa shape index (κ3) is 1.97. The summed E-state index contributed by atoms with van der Waals surface area (Å²) in [6, 6.07) is 4.86. The number of hydrogen-bond donors (Lipinski definition) is 2. The van der Waals surface area contributed by atoms with Crippen LogP contribution in [0.25, 0.3) is 0 Å². The maximum absolute atomic E-state index is 11.1. The summed E-state index contributed by atoms with van der Waals surface area (Å²) in [6.45, 7) is 1.80. The minimum Gasteiger partial charge on any atom is -0.399 e. The Labute approximate surface area is 76.0 Å². The smallest absolute Gasteiger partial charge is 0.264 e. The molecule has 4 heteroatoms. The van der Waals surface area contributed by atoms with Gasteiger partial charge in [-0.15, -0.1) is 0 Å². The van der Waals surface area contributed by atoms with Crippen molar-refractivity contribution in [3.63, 3.8) is 0 Å². The standard InChI is InChI=1S/C9H9N3O/c1-6-4-7(2-3-8(6)11)9(13)12-5-10/h2-4H,11H2,1H3,(H,12,13). The molecule has 66 valence electrons. The van der Waals surface area contributed by atoms with Crippen LogP contribution in [-0.2, 0) is 0 Å². The number of nitrogens with zero attached hydrogens (tertiary/aromatic N) is 1. The van der Waals surface area contributed by atoms with E-state index in [1.807, 2.05) is 5.32 Å². The van der Waals surface area contributed by atoms with Crippen LogP contribution >= 0.6 is 0 Å². The van der Waals surface area contributed by atoms with Gasteiger partial charge in [-0.25, -0.2) is 0 Å². The number of anilines is 1. The number of nitriles is 1. The summed E-state index contributed by atoms with van der Waals surface area (Å²) in [4.78, 5) is 11.1. The zero-order valence-corrected chi connectivity index (χ0v) is 7.16. The molecule has 1 aromatic carbocycles. The van der Waals surface area contributed by atoms with E-state index in [4.69, 9.17) is 11.0 Å². The van der Waals surface area contributed by atoms with Crippen LogP contribution in [0.1, 0.15) is 15.9 Å². The summed E-state index contributed by atoms with van der Waals surface area (Å²) >= 11 is 0. The van der Waals surface area contributed by atoms with Crippen molar-refractivity contribution in [2.24, 2.45) is 0 Å². The SMILES string of the molecule is Cc1cc(C(=O)NC#N)ccc1N. The number of hydrogen-bond acceptors (Lipinski definition) is 3. The maximum atomic E-state index is 11.1. The van der Waals surface area contributed by atoms with Gasteiger partial charge in [0.2, 0.25) is 0 Å². The number of rotatable bonds is 1. The van der Waals surface area contributed by atoms with Crippen LogP contribution in [0.4, 0.5) is 5.69 Å². The molecule has 0 saturated heterocycles. The molecule has 0 bridgehead atoms. The lowest BCUT2D eigenvalue weighted by Gasteiger charge is -2.01. The molecule has 0 aliphatic carbocycles. The first-order valence-corrected chi connectivity index (χ1v) is 3.70. The molecule has 0 aliphatic heterocycles. The molecule has 0 atom stereocenters. The van der Waals surface area contributed by atoms with E-state index >= 15 is 0 Å². The molecule has 0 saturated carbocycles. The zero-order chi connectivity index (χ0) is 9.84. The molecule has 1 rings (SSSR count). The highest BCUT2D eigenvalue weighted by atomic mass is 16.1. The van der Waals surface area contributed by atoms with Gasteiger partial charge in [-0.2, -0.15) is 5.26 Å². The Bertz CT molecular complexity index is 379. The number of benzene rings is 1. The number of carbonyl (C=O) groups excluding carboxylic acids is 1. The van der Waals surface area contributed by atoms with Crippen molar-refractivity contribution in [1.29, 1.82) is 5.26 Å². The fourth-order valence-electron chi connectivity index (χ4n) is 0.940. The molecule has 0 spiro atoms. The van der Waals surface area contributed by atoms with Gasteiger partial charge in [0.15, 0.2) is 6.19 Å². The third-order valence-corrected chi connectivity index (χ3v) is 1.70. The second-order valence-corrected chi connectivity index (χ2v) is 2.64. The fraction of sp³-hybridized carbons (Fsp3) is 0.111. The number of amides is 1. The Morgan fingerprint density at radius 1 is 1.62 bits per heavy atom. The predicted octanol–water partition coefficient (Wildman–Crippen LogP) is 0.788. The van der Waals surface area contributed by atoms with Crippen LogP contribution in [0.2, 0.25) is 0 Å². The van der Waals surface area contributed by atoms with Crippen molar-refractivity contribution < 1.29 is 4.79 Å². The number of nitrogen functional groups attached to an aromatic ring is 1. The van der Waals surface area contributed by atoms with Crippen molar-refractivity contribution >= 4 is 11.6 Å². The van der Waals surface area contributed by atoms with Gasteiger partial charge in [-0.05, 0) is 30.7 Å². The van der Waals surface area contributed by atoms with Crippen LogP contribution in [0.15, 0.2) is 18.2 Å². The number of aryl methyl sites for hydroxylation is 1. The molecule has 0 fully saturated rings. The molecule has 0 aliphatic rings. The van der Waals surface area contributed by atoms with E-state index in [-0.39, 0.29) is 0 Å². The first-order valence-electron chi connectivity index (χ1n) is 3.70. The number of nitrogens with two attached hydrogens (primary N) is 1. The van der Waals surface area contributed by atoms with Gasteiger partial charge in [0.1, 0.15) is 0 Å². The van der Waals surface area contributed by atoms with Gasteiger partial charge < -0.3 is 5.73 Å². The summed E-state index contributed by atoms with van der Waals surface area (Å²) < 4.78 is 0. The Morgan fingerprint density at radius 2 is 2.31 bits per heavy atom. The van der Waals surface area contributed by atoms with E-state index in [2.05, 4.69) is 0 Å². The van der Waals surface area contributed by atoms with Crippen LogP contribution in [0.3, 0.4) is 0 Å². The van der Waals surface area contributed by atoms with Crippen LogP contribution in [0.5, 0.6) is 0 Å². The van der Waals surface area contributed by atoms with E-state index in [0.29, 0.717) is 11.3 Å². The molecule has 1 aromatic rings. The lowest BCUT2D eigenvalue weighted by Crippen LogP contribution is -2.17. The van der Waals surface area contributed by atoms with Gasteiger partial charge >= 0.3 is 0 Å². The van der Waals surface area contributed by atoms with E-state index in [1.165, 1.54) is 0 Å². The highest BCUT2D eigenvalue weighted by Crippen LogP contribution is 2.12. The van der Waals surface area contributed by atoms with E-state index < -0.39 is 5.91 Å². The highest BCUT2D eigenvalue weighted by molar-refractivity contribution is 5.95. The minimum atomic E-state index is -0.411. The molecule has 0 unspecified atom stereocenters. The Morgan fingerprint density at radius 3 is 2.85 bits per heavy atom. The minimum absolute atomic E-state index is 0.411. The zero-order valence-electron chi connectivity index (χ0n) is 7.16. The normalized spacial score (nSPS) is 8.92. The van der Waals surface area contributed by atoms with Gasteiger partial charge in [0, 0.05) is 11.3 Å². The fourth-order valence-corrected chi connectivity index (χ4v) is 0.940. The lowest BCUT2D eigenvalue weighted by atomic mass is 10.1. The molecule has 0 aromatic heterocycles. The number of nitrogens with one attached hydrogen (secondary N) is 1. The monoisotopic (exact) mass is 175 g/mol. The first kappa shape index (κ1) is 9.07. The van der Waals surface area contributed by atoms with Crippen molar-refractivity contribution in [3.05, 3.63) is 29.3 Å². The summed E-state index contributed by atoms with van der Waals surface area (Å²) in [5.41, 5.74) is 7.46. The number of carbonyl (C=O) groups is 1. The molecule has 3 N–H and O–H groups in total. The first-order chi connectivity index (χ1) is 6.15. The molecule has 4 nitrogen and oxygen atoms in total. The Kier molecular flexibility index (Phi) is 2.50. The van der Waals surface area contributed by atoms with Crippen LogP contribution in [0, 0.1) is 18.4 Å². The van der Waals surface area contributed by atoms with Gasteiger partial charge in [-0.1, -0.05) is 0 Å². The van der Waals surface area contributed by atoms with Crippen molar-refractivity contribution in [2.45, 2.75) is 6.92 Å². The molecule has 0 heterocycles. The Hall–Kier alpha value is -2.02. The third-order valence-electron chi connectivity index (χ3n) is 1.70. The van der Waals surface area contributed by atoms with Crippen LogP contribution < -0.4 is 11.1 Å². The topological polar surface area (TPSA) is 78.9 Å². The average Bonchev–Trinajstić information content (AvgIpc) is 2.10. The molecule has 1 amide bonds. The highest BCUT2D eigenvalue weighted by Gasteiger charge is 2.04. The predicted molar refractivity (Wildman–Crippen MR) is 48.7 cm³/mol. The molecule has 0 radical (unpaired) electrons. The van der Waals surface area contributed by atoms with Gasteiger partial charge in [0.05, 0.1) is 0 Å². The van der Waals surface area contributed by atoms with Crippen molar-refractivity contribution in [3.8, 4) is 6.19 Å². The van der Waals surface area contributed by atoms with Crippen molar-refractivity contribution in [1.82, 2.24) is 5.32 Å². The molecular formula is C9H9N3O. The second-order valence-electron chi connectivity index (χ2n) is 2.64. The summed E-state index contributed by atoms with van der Waals surface area (Å²) in [7, 11) is 0. The summed E-state index contributed by atoms with van der Waals surface area (Å²) in [5.74, 6) is -0.411. The lowest BCUT2D eigenvalue weighted by molar-refractivity contribution is 0.0973. The van der Waals surface area contributed by atoms with E-state index in [1.54, 1.807) is 31.3 Å². The van der Waals surface area contributed by atoms with Crippen molar-refractivity contribution in [2.75, 3.05) is 5.73 Å². The molecular weight excluding hydrogens is 166 g/mol.